The van der Waals surface area contributed by atoms with Crippen LogP contribution in [0.25, 0.3) is 0 Å². The van der Waals surface area contributed by atoms with E-state index in [1.165, 1.54) is 17.3 Å². The predicted octanol–water partition coefficient (Wildman–Crippen LogP) is 0.675. The maximum Gasteiger partial charge on any atom is 0.311 e. The average molecular weight is 280 g/mol. The van der Waals surface area contributed by atoms with Crippen molar-refractivity contribution in [3.63, 3.8) is 0 Å². The molecule has 20 heavy (non-hydrogen) atoms. The van der Waals surface area contributed by atoms with E-state index < -0.39 is 11.4 Å². The third kappa shape index (κ3) is 3.34. The molecular formula is C13H20N4O3. The largest absolute Gasteiger partial charge is 0.481 e. The Morgan fingerprint density at radius 3 is 2.70 bits per heavy atom. The van der Waals surface area contributed by atoms with Gasteiger partial charge in [0, 0.05) is 6.54 Å². The highest BCUT2D eigenvalue weighted by Gasteiger charge is 2.41. The zero-order chi connectivity index (χ0) is 14.6. The Morgan fingerprint density at radius 2 is 2.15 bits per heavy atom. The molecule has 2 rings (SSSR count). The predicted molar refractivity (Wildman–Crippen MR) is 70.7 cm³/mol. The number of aliphatic carboxylic acids is 1. The van der Waals surface area contributed by atoms with Gasteiger partial charge in [0.15, 0.2) is 0 Å². The first kappa shape index (κ1) is 14.5. The molecular weight excluding hydrogens is 260 g/mol. The molecule has 0 unspecified atom stereocenters. The Kier molecular flexibility index (Phi) is 4.36. The normalized spacial score (nSPS) is 26.1. The molecule has 0 aromatic carbocycles. The first-order valence-electron chi connectivity index (χ1n) is 6.84. The number of carboxylic acid groups (broad SMARTS) is 1. The van der Waals surface area contributed by atoms with Gasteiger partial charge in [0.25, 0.3) is 0 Å². The number of rotatable bonds is 5. The van der Waals surface area contributed by atoms with Crippen LogP contribution in [0.5, 0.6) is 0 Å². The van der Waals surface area contributed by atoms with Gasteiger partial charge in [-0.2, -0.15) is 5.10 Å². The van der Waals surface area contributed by atoms with E-state index in [2.05, 4.69) is 22.3 Å². The molecule has 1 aliphatic rings. The monoisotopic (exact) mass is 280 g/mol. The number of nitrogens with one attached hydrogen (secondary N) is 1. The molecule has 0 bridgehead atoms. The van der Waals surface area contributed by atoms with Crippen molar-refractivity contribution < 1.29 is 14.7 Å². The van der Waals surface area contributed by atoms with Crippen molar-refractivity contribution >= 4 is 11.9 Å². The van der Waals surface area contributed by atoms with Crippen LogP contribution >= 0.6 is 0 Å². The zero-order valence-electron chi connectivity index (χ0n) is 11.6. The smallest absolute Gasteiger partial charge is 0.311 e. The van der Waals surface area contributed by atoms with E-state index in [1.807, 2.05) is 0 Å². The number of carbonyl (C=O) groups is 2. The second-order valence-electron chi connectivity index (χ2n) is 5.64. The fraction of sp³-hybridized carbons (Fsp3) is 0.692. The van der Waals surface area contributed by atoms with Gasteiger partial charge in [-0.25, -0.2) is 9.67 Å². The topological polar surface area (TPSA) is 97.1 Å². The summed E-state index contributed by atoms with van der Waals surface area (Å²) < 4.78 is 1.41. The van der Waals surface area contributed by atoms with Crippen molar-refractivity contribution in [3.8, 4) is 0 Å². The lowest BCUT2D eigenvalue weighted by molar-refractivity contribution is -0.151. The number of carboxylic acids is 1. The molecule has 0 spiro atoms. The maximum atomic E-state index is 11.8. The highest BCUT2D eigenvalue weighted by atomic mass is 16.4. The fourth-order valence-corrected chi connectivity index (χ4v) is 2.57. The number of aromatic nitrogens is 3. The highest BCUT2D eigenvalue weighted by Crippen LogP contribution is 2.38. The van der Waals surface area contributed by atoms with E-state index in [0.717, 1.165) is 12.8 Å². The fourth-order valence-electron chi connectivity index (χ4n) is 2.57. The molecule has 1 aromatic heterocycles. The van der Waals surface area contributed by atoms with Crippen LogP contribution in [0.15, 0.2) is 12.7 Å². The van der Waals surface area contributed by atoms with Crippen LogP contribution in [0, 0.1) is 11.3 Å². The minimum absolute atomic E-state index is 0.0616. The second kappa shape index (κ2) is 6.02. The summed E-state index contributed by atoms with van der Waals surface area (Å²) in [6.45, 7) is 2.38. The molecule has 0 radical (unpaired) electrons. The highest BCUT2D eigenvalue weighted by molar-refractivity contribution is 5.79. The Morgan fingerprint density at radius 1 is 1.45 bits per heavy atom. The first-order valence-corrected chi connectivity index (χ1v) is 6.84. The lowest BCUT2D eigenvalue weighted by Crippen LogP contribution is -2.45. The third-order valence-electron chi connectivity index (χ3n) is 4.08. The van der Waals surface area contributed by atoms with Gasteiger partial charge in [0.2, 0.25) is 5.91 Å². The minimum atomic E-state index is -0.815. The summed E-state index contributed by atoms with van der Waals surface area (Å²) in [7, 11) is 0. The van der Waals surface area contributed by atoms with Crippen LogP contribution in [-0.2, 0) is 16.1 Å². The molecule has 0 aliphatic heterocycles. The van der Waals surface area contributed by atoms with Gasteiger partial charge in [0.05, 0.1) is 5.41 Å². The molecule has 110 valence electrons. The van der Waals surface area contributed by atoms with Gasteiger partial charge in [-0.3, -0.25) is 9.59 Å². The van der Waals surface area contributed by atoms with Crippen LogP contribution in [0.3, 0.4) is 0 Å². The van der Waals surface area contributed by atoms with E-state index in [4.69, 9.17) is 0 Å². The second-order valence-corrected chi connectivity index (χ2v) is 5.64. The molecule has 1 aliphatic carbocycles. The summed E-state index contributed by atoms with van der Waals surface area (Å²) in [5.41, 5.74) is -0.815. The van der Waals surface area contributed by atoms with Gasteiger partial charge in [-0.15, -0.1) is 0 Å². The molecule has 1 fully saturated rings. The van der Waals surface area contributed by atoms with E-state index >= 15 is 0 Å². The van der Waals surface area contributed by atoms with Gasteiger partial charge >= 0.3 is 5.97 Å². The van der Waals surface area contributed by atoms with Gasteiger partial charge < -0.3 is 10.4 Å². The molecule has 2 N–H and O–H groups in total. The van der Waals surface area contributed by atoms with Crippen molar-refractivity contribution in [2.45, 2.75) is 39.2 Å². The summed E-state index contributed by atoms with van der Waals surface area (Å²) in [5, 5.41) is 16.0. The van der Waals surface area contributed by atoms with Crippen molar-refractivity contribution in [2.24, 2.45) is 11.3 Å². The molecule has 1 aromatic rings. The van der Waals surface area contributed by atoms with Crippen molar-refractivity contribution in [1.82, 2.24) is 20.1 Å². The molecule has 7 heteroatoms. The third-order valence-corrected chi connectivity index (χ3v) is 4.08. The van der Waals surface area contributed by atoms with Crippen molar-refractivity contribution in [2.75, 3.05) is 6.54 Å². The van der Waals surface area contributed by atoms with Crippen LogP contribution in [0.4, 0.5) is 0 Å². The number of hydrogen-bond acceptors (Lipinski definition) is 4. The molecule has 0 saturated heterocycles. The Bertz CT molecular complexity index is 464. The van der Waals surface area contributed by atoms with E-state index in [9.17, 15) is 14.7 Å². The van der Waals surface area contributed by atoms with E-state index in [1.54, 1.807) is 0 Å². The summed E-state index contributed by atoms with van der Waals surface area (Å²) >= 11 is 0. The maximum absolute atomic E-state index is 11.8. The van der Waals surface area contributed by atoms with Crippen LogP contribution in [0.1, 0.15) is 32.6 Å². The molecule has 1 saturated carbocycles. The lowest BCUT2D eigenvalue weighted by atomic mass is 9.71. The first-order chi connectivity index (χ1) is 9.52. The Labute approximate surface area is 117 Å². The summed E-state index contributed by atoms with van der Waals surface area (Å²) in [6, 6.07) is 0. The quantitative estimate of drug-likeness (QED) is 0.826. The molecule has 1 heterocycles. The average Bonchev–Trinajstić information content (AvgIpc) is 2.91. The molecule has 0 atom stereocenters. The number of carbonyl (C=O) groups excluding carboxylic acids is 1. The number of nitrogens with zero attached hydrogens (tertiary/aromatic N) is 3. The molecule has 1 amide bonds. The SMILES string of the molecule is CC1CCC(CNC(=O)Cn2cncn2)(C(=O)O)CC1. The standard InChI is InChI=1S/C13H20N4O3/c1-10-2-4-13(5-3-10,12(19)20)7-15-11(18)6-17-9-14-8-16-17/h8-10H,2-7H2,1H3,(H,15,18)(H,19,20). The van der Waals surface area contributed by atoms with Crippen LogP contribution in [-0.4, -0.2) is 38.3 Å². The van der Waals surface area contributed by atoms with Gasteiger partial charge in [-0.1, -0.05) is 6.92 Å². The minimum Gasteiger partial charge on any atom is -0.481 e. The van der Waals surface area contributed by atoms with Crippen LogP contribution in [0.2, 0.25) is 0 Å². The van der Waals surface area contributed by atoms with Gasteiger partial charge in [-0.05, 0) is 31.6 Å². The Hall–Kier alpha value is -1.92. The lowest BCUT2D eigenvalue weighted by Gasteiger charge is -2.35. The van der Waals surface area contributed by atoms with Crippen molar-refractivity contribution in [1.29, 1.82) is 0 Å². The number of hydrogen-bond donors (Lipinski definition) is 2. The van der Waals surface area contributed by atoms with Crippen LogP contribution < -0.4 is 5.32 Å². The van der Waals surface area contributed by atoms with E-state index in [0.29, 0.717) is 18.8 Å². The molecule has 7 nitrogen and oxygen atoms in total. The van der Waals surface area contributed by atoms with E-state index in [-0.39, 0.29) is 19.0 Å². The van der Waals surface area contributed by atoms with Crippen molar-refractivity contribution in [3.05, 3.63) is 12.7 Å². The van der Waals surface area contributed by atoms with Gasteiger partial charge in [0.1, 0.15) is 19.2 Å². The Balaban J connectivity index is 1.89. The zero-order valence-corrected chi connectivity index (χ0v) is 11.6. The summed E-state index contributed by atoms with van der Waals surface area (Å²) in [5.74, 6) is -0.492. The number of amides is 1. The summed E-state index contributed by atoms with van der Waals surface area (Å²) in [6.07, 6.45) is 5.83. The summed E-state index contributed by atoms with van der Waals surface area (Å²) in [4.78, 5) is 27.1.